The Morgan fingerprint density at radius 1 is 1.17 bits per heavy atom. The van der Waals surface area contributed by atoms with Crippen molar-refractivity contribution < 1.29 is 4.79 Å². The SMILES string of the molecule is CC(C)c1nc(CC(=O)Nc2nc(-c3ccc(Br)cc3)cs2)cs1. The number of anilines is 1. The van der Waals surface area contributed by atoms with E-state index < -0.39 is 0 Å². The molecule has 3 aromatic rings. The Hall–Kier alpha value is -1.57. The van der Waals surface area contributed by atoms with Gasteiger partial charge in [-0.1, -0.05) is 41.9 Å². The van der Waals surface area contributed by atoms with Gasteiger partial charge in [0.2, 0.25) is 5.91 Å². The molecule has 4 nitrogen and oxygen atoms in total. The zero-order valence-electron chi connectivity index (χ0n) is 13.2. The van der Waals surface area contributed by atoms with Crippen molar-refractivity contribution in [3.05, 3.63) is 50.2 Å². The van der Waals surface area contributed by atoms with E-state index in [1.54, 1.807) is 11.3 Å². The normalized spacial score (nSPS) is 11.0. The number of nitrogens with zero attached hydrogens (tertiary/aromatic N) is 2. The Morgan fingerprint density at radius 2 is 1.92 bits per heavy atom. The molecule has 0 fully saturated rings. The fourth-order valence-electron chi connectivity index (χ4n) is 2.08. The number of carbonyl (C=O) groups excluding carboxylic acids is 1. The Kier molecular flexibility index (Phi) is 5.43. The van der Waals surface area contributed by atoms with Crippen LogP contribution in [0.15, 0.2) is 39.5 Å². The highest BCUT2D eigenvalue weighted by Gasteiger charge is 2.12. The van der Waals surface area contributed by atoms with Gasteiger partial charge in [-0.2, -0.15) is 0 Å². The van der Waals surface area contributed by atoms with Crippen molar-refractivity contribution in [2.24, 2.45) is 0 Å². The van der Waals surface area contributed by atoms with Gasteiger partial charge in [0.05, 0.1) is 22.8 Å². The van der Waals surface area contributed by atoms with Crippen LogP contribution >= 0.6 is 38.6 Å². The van der Waals surface area contributed by atoms with Gasteiger partial charge < -0.3 is 5.32 Å². The molecule has 0 radical (unpaired) electrons. The van der Waals surface area contributed by atoms with E-state index in [2.05, 4.69) is 45.1 Å². The quantitative estimate of drug-likeness (QED) is 0.605. The summed E-state index contributed by atoms with van der Waals surface area (Å²) >= 11 is 6.44. The van der Waals surface area contributed by atoms with Gasteiger partial charge in [-0.15, -0.1) is 22.7 Å². The molecule has 0 bridgehead atoms. The number of carbonyl (C=O) groups is 1. The first-order valence-corrected chi connectivity index (χ1v) is 10.0. The van der Waals surface area contributed by atoms with Crippen LogP contribution in [0.4, 0.5) is 5.13 Å². The second-order valence-corrected chi connectivity index (χ2v) is 8.26. The number of rotatable bonds is 5. The molecule has 0 aliphatic carbocycles. The minimum atomic E-state index is -0.0905. The molecule has 0 unspecified atom stereocenters. The monoisotopic (exact) mass is 421 g/mol. The first kappa shape index (κ1) is 17.3. The lowest BCUT2D eigenvalue weighted by Crippen LogP contribution is -2.14. The van der Waals surface area contributed by atoms with Gasteiger partial charge in [0.25, 0.3) is 0 Å². The van der Waals surface area contributed by atoms with Crippen molar-refractivity contribution in [1.29, 1.82) is 0 Å². The summed E-state index contributed by atoms with van der Waals surface area (Å²) in [6, 6.07) is 7.93. The standard InChI is InChI=1S/C17H16BrN3OS2/c1-10(2)16-19-13(8-23-16)7-15(22)21-17-20-14(9-24-17)11-3-5-12(18)6-4-11/h3-6,8-10H,7H2,1-2H3,(H,20,21,22). The zero-order chi connectivity index (χ0) is 17.1. The van der Waals surface area contributed by atoms with Gasteiger partial charge in [0, 0.05) is 26.7 Å². The average molecular weight is 422 g/mol. The Balaban J connectivity index is 1.63. The largest absolute Gasteiger partial charge is 0.302 e. The molecule has 2 heterocycles. The van der Waals surface area contributed by atoms with Gasteiger partial charge in [0.15, 0.2) is 5.13 Å². The number of benzene rings is 1. The summed E-state index contributed by atoms with van der Waals surface area (Å²) in [5.41, 5.74) is 2.69. The van der Waals surface area contributed by atoms with Crippen LogP contribution < -0.4 is 5.32 Å². The molecule has 7 heteroatoms. The van der Waals surface area contributed by atoms with E-state index >= 15 is 0 Å². The summed E-state index contributed by atoms with van der Waals surface area (Å²) in [4.78, 5) is 21.1. The van der Waals surface area contributed by atoms with Gasteiger partial charge >= 0.3 is 0 Å². The number of hydrogen-bond donors (Lipinski definition) is 1. The summed E-state index contributed by atoms with van der Waals surface area (Å²) < 4.78 is 1.03. The lowest BCUT2D eigenvalue weighted by molar-refractivity contribution is -0.115. The van der Waals surface area contributed by atoms with Gasteiger partial charge in [0.1, 0.15) is 0 Å². The van der Waals surface area contributed by atoms with E-state index in [9.17, 15) is 4.79 Å². The summed E-state index contributed by atoms with van der Waals surface area (Å²) in [6.07, 6.45) is 0.274. The molecular weight excluding hydrogens is 406 g/mol. The molecule has 24 heavy (non-hydrogen) atoms. The molecule has 0 spiro atoms. The lowest BCUT2D eigenvalue weighted by Gasteiger charge is -2.00. The fraction of sp³-hybridized carbons (Fsp3) is 0.235. The summed E-state index contributed by atoms with van der Waals surface area (Å²) in [5.74, 6) is 0.298. The first-order chi connectivity index (χ1) is 11.5. The van der Waals surface area contributed by atoms with Crippen molar-refractivity contribution in [1.82, 2.24) is 9.97 Å². The predicted octanol–water partition coefficient (Wildman–Crippen LogP) is 5.33. The maximum atomic E-state index is 12.2. The van der Waals surface area contributed by atoms with Crippen LogP contribution in [0.25, 0.3) is 11.3 Å². The second kappa shape index (κ2) is 7.55. The van der Waals surface area contributed by atoms with Crippen molar-refractivity contribution in [2.45, 2.75) is 26.2 Å². The summed E-state index contributed by atoms with van der Waals surface area (Å²) in [5, 5.41) is 8.41. The second-order valence-electron chi connectivity index (χ2n) is 5.60. The molecular formula is C17H16BrN3OS2. The third-order valence-corrected chi connectivity index (χ3v) is 5.78. The van der Waals surface area contributed by atoms with Crippen LogP contribution in [0.2, 0.25) is 0 Å². The molecule has 1 amide bonds. The van der Waals surface area contributed by atoms with Gasteiger partial charge in [-0.05, 0) is 12.1 Å². The van der Waals surface area contributed by atoms with Crippen molar-refractivity contribution >= 4 is 49.6 Å². The van der Waals surface area contributed by atoms with Crippen LogP contribution in [0.3, 0.4) is 0 Å². The van der Waals surface area contributed by atoms with Crippen LogP contribution in [0.5, 0.6) is 0 Å². The third kappa shape index (κ3) is 4.28. The van der Waals surface area contributed by atoms with Crippen LogP contribution in [0, 0.1) is 0 Å². The molecule has 0 atom stereocenters. The number of amides is 1. The lowest BCUT2D eigenvalue weighted by atomic mass is 10.2. The minimum absolute atomic E-state index is 0.0905. The number of aromatic nitrogens is 2. The fourth-order valence-corrected chi connectivity index (χ4v) is 3.92. The topological polar surface area (TPSA) is 54.9 Å². The molecule has 124 valence electrons. The molecule has 1 N–H and O–H groups in total. The highest BCUT2D eigenvalue weighted by atomic mass is 79.9. The molecule has 3 rings (SSSR count). The summed E-state index contributed by atoms with van der Waals surface area (Å²) in [6.45, 7) is 4.20. The van der Waals surface area contributed by atoms with Gasteiger partial charge in [-0.3, -0.25) is 4.79 Å². The minimum Gasteiger partial charge on any atom is -0.302 e. The maximum Gasteiger partial charge on any atom is 0.232 e. The van der Waals surface area contributed by atoms with Crippen LogP contribution in [-0.2, 0) is 11.2 Å². The smallest absolute Gasteiger partial charge is 0.232 e. The molecule has 1 aromatic carbocycles. The van der Waals surface area contributed by atoms with Crippen molar-refractivity contribution in [3.8, 4) is 11.3 Å². The number of thiazole rings is 2. The highest BCUT2D eigenvalue weighted by molar-refractivity contribution is 9.10. The van der Waals surface area contributed by atoms with Crippen molar-refractivity contribution in [3.63, 3.8) is 0 Å². The van der Waals surface area contributed by atoms with E-state index in [0.29, 0.717) is 11.0 Å². The molecule has 0 saturated heterocycles. The highest BCUT2D eigenvalue weighted by Crippen LogP contribution is 2.26. The van der Waals surface area contributed by atoms with E-state index in [-0.39, 0.29) is 12.3 Å². The number of hydrogen-bond acceptors (Lipinski definition) is 5. The molecule has 0 saturated carbocycles. The number of halogens is 1. The van der Waals surface area contributed by atoms with Crippen LogP contribution in [-0.4, -0.2) is 15.9 Å². The molecule has 0 aliphatic rings. The Labute approximate surface area is 157 Å². The van der Waals surface area contributed by atoms with Crippen molar-refractivity contribution in [2.75, 3.05) is 5.32 Å². The first-order valence-electron chi connectivity index (χ1n) is 7.47. The van der Waals surface area contributed by atoms with E-state index in [4.69, 9.17) is 0 Å². The molecule has 0 aliphatic heterocycles. The Morgan fingerprint density at radius 3 is 2.58 bits per heavy atom. The van der Waals surface area contributed by atoms with Crippen LogP contribution in [0.1, 0.15) is 30.5 Å². The maximum absolute atomic E-state index is 12.2. The average Bonchev–Trinajstić information content (AvgIpc) is 3.17. The van der Waals surface area contributed by atoms with E-state index in [1.807, 2.05) is 35.0 Å². The zero-order valence-corrected chi connectivity index (χ0v) is 16.5. The summed E-state index contributed by atoms with van der Waals surface area (Å²) in [7, 11) is 0. The van der Waals surface area contributed by atoms with E-state index in [1.165, 1.54) is 11.3 Å². The third-order valence-electron chi connectivity index (χ3n) is 3.30. The van der Waals surface area contributed by atoms with E-state index in [0.717, 1.165) is 26.4 Å². The molecule has 2 aromatic heterocycles. The number of nitrogens with one attached hydrogen (secondary N) is 1. The van der Waals surface area contributed by atoms with Gasteiger partial charge in [-0.25, -0.2) is 9.97 Å². The Bertz CT molecular complexity index is 840. The predicted molar refractivity (Wildman–Crippen MR) is 104 cm³/mol.